The molecule has 0 aliphatic heterocycles. The van der Waals surface area contributed by atoms with E-state index in [4.69, 9.17) is 9.47 Å². The average molecular weight is 256 g/mol. The highest BCUT2D eigenvalue weighted by molar-refractivity contribution is 5.35. The van der Waals surface area contributed by atoms with E-state index in [1.807, 2.05) is 6.92 Å². The van der Waals surface area contributed by atoms with E-state index in [-0.39, 0.29) is 17.6 Å². The molecule has 0 atom stereocenters. The summed E-state index contributed by atoms with van der Waals surface area (Å²) in [5.74, 6) is -1.96. The summed E-state index contributed by atoms with van der Waals surface area (Å²) in [4.78, 5) is 0. The van der Waals surface area contributed by atoms with Crippen molar-refractivity contribution < 1.29 is 18.3 Å². The second-order valence-corrected chi connectivity index (χ2v) is 4.56. The summed E-state index contributed by atoms with van der Waals surface area (Å²) < 4.78 is 38.0. The molecule has 18 heavy (non-hydrogen) atoms. The summed E-state index contributed by atoms with van der Waals surface area (Å²) in [6.45, 7) is 2.41. The van der Waals surface area contributed by atoms with Crippen LogP contribution in [-0.4, -0.2) is 12.7 Å². The van der Waals surface area contributed by atoms with Gasteiger partial charge in [-0.1, -0.05) is 13.3 Å². The first kappa shape index (κ1) is 13.1. The standard InChI is InChI=1S/C14H18F2O2/c1-2-3-9-17-11-7-8-12(14(16)13(11)15)18-10-5-4-6-10/h7-8,10H,2-6,9H2,1H3. The summed E-state index contributed by atoms with van der Waals surface area (Å²) >= 11 is 0. The fraction of sp³-hybridized carbons (Fsp3) is 0.571. The zero-order valence-electron chi connectivity index (χ0n) is 10.5. The van der Waals surface area contributed by atoms with Crippen molar-refractivity contribution in [2.24, 2.45) is 0 Å². The minimum absolute atomic E-state index is 0.0139. The molecule has 1 aliphatic rings. The minimum Gasteiger partial charge on any atom is -0.490 e. The van der Waals surface area contributed by atoms with Gasteiger partial charge in [-0.3, -0.25) is 0 Å². The van der Waals surface area contributed by atoms with E-state index in [1.165, 1.54) is 12.1 Å². The van der Waals surface area contributed by atoms with Gasteiger partial charge in [0.25, 0.3) is 0 Å². The van der Waals surface area contributed by atoms with Crippen LogP contribution in [0.25, 0.3) is 0 Å². The van der Waals surface area contributed by atoms with Gasteiger partial charge in [0.05, 0.1) is 12.7 Å². The van der Waals surface area contributed by atoms with Gasteiger partial charge in [0.1, 0.15) is 0 Å². The van der Waals surface area contributed by atoms with Crippen molar-refractivity contribution in [3.05, 3.63) is 23.8 Å². The third kappa shape index (κ3) is 2.92. The van der Waals surface area contributed by atoms with Gasteiger partial charge < -0.3 is 9.47 Å². The van der Waals surface area contributed by atoms with Crippen molar-refractivity contribution in [2.75, 3.05) is 6.61 Å². The molecular formula is C14H18F2O2. The van der Waals surface area contributed by atoms with Gasteiger partial charge in [0.2, 0.25) is 11.6 Å². The lowest BCUT2D eigenvalue weighted by atomic mass is 9.96. The maximum atomic E-state index is 13.7. The molecule has 2 rings (SSSR count). The molecule has 4 heteroatoms. The van der Waals surface area contributed by atoms with Gasteiger partial charge >= 0.3 is 0 Å². The number of hydrogen-bond donors (Lipinski definition) is 0. The molecule has 0 heterocycles. The van der Waals surface area contributed by atoms with Crippen LogP contribution < -0.4 is 9.47 Å². The highest BCUT2D eigenvalue weighted by atomic mass is 19.2. The van der Waals surface area contributed by atoms with Crippen molar-refractivity contribution in [3.8, 4) is 11.5 Å². The van der Waals surface area contributed by atoms with Crippen molar-refractivity contribution in [1.82, 2.24) is 0 Å². The van der Waals surface area contributed by atoms with Crippen LogP contribution >= 0.6 is 0 Å². The smallest absolute Gasteiger partial charge is 0.204 e. The first-order valence-corrected chi connectivity index (χ1v) is 6.49. The third-order valence-corrected chi connectivity index (χ3v) is 3.11. The molecule has 2 nitrogen and oxygen atoms in total. The molecule has 0 N–H and O–H groups in total. The Hall–Kier alpha value is -1.32. The molecule has 1 fully saturated rings. The molecule has 1 saturated carbocycles. The first-order valence-electron chi connectivity index (χ1n) is 6.49. The van der Waals surface area contributed by atoms with Crippen LogP contribution in [-0.2, 0) is 0 Å². The zero-order valence-corrected chi connectivity index (χ0v) is 10.5. The lowest BCUT2D eigenvalue weighted by molar-refractivity contribution is 0.113. The van der Waals surface area contributed by atoms with E-state index in [0.717, 1.165) is 32.1 Å². The summed E-state index contributed by atoms with van der Waals surface area (Å²) in [6, 6.07) is 2.88. The molecule has 0 amide bonds. The average Bonchev–Trinajstić information content (AvgIpc) is 2.31. The van der Waals surface area contributed by atoms with Gasteiger partial charge in [-0.05, 0) is 37.8 Å². The molecule has 0 saturated heterocycles. The van der Waals surface area contributed by atoms with E-state index in [9.17, 15) is 8.78 Å². The lowest BCUT2D eigenvalue weighted by Gasteiger charge is -2.26. The molecule has 0 spiro atoms. The van der Waals surface area contributed by atoms with E-state index < -0.39 is 11.6 Å². The SMILES string of the molecule is CCCCOc1ccc(OC2CCC2)c(F)c1F. The highest BCUT2D eigenvalue weighted by Crippen LogP contribution is 2.31. The Kier molecular flexibility index (Phi) is 4.39. The molecule has 1 aromatic carbocycles. The molecule has 0 bridgehead atoms. The Morgan fingerprint density at radius 2 is 1.83 bits per heavy atom. The highest BCUT2D eigenvalue weighted by Gasteiger charge is 2.23. The second-order valence-electron chi connectivity index (χ2n) is 4.56. The Bertz CT molecular complexity index is 403. The second kappa shape index (κ2) is 6.03. The van der Waals surface area contributed by atoms with Crippen LogP contribution in [0.3, 0.4) is 0 Å². The van der Waals surface area contributed by atoms with Gasteiger partial charge in [-0.25, -0.2) is 0 Å². The number of ether oxygens (including phenoxy) is 2. The summed E-state index contributed by atoms with van der Waals surface area (Å²) in [7, 11) is 0. The fourth-order valence-corrected chi connectivity index (χ4v) is 1.71. The molecular weight excluding hydrogens is 238 g/mol. The lowest BCUT2D eigenvalue weighted by Crippen LogP contribution is -2.25. The largest absolute Gasteiger partial charge is 0.490 e. The summed E-state index contributed by atoms with van der Waals surface area (Å²) in [6.07, 6.45) is 4.72. The maximum absolute atomic E-state index is 13.7. The maximum Gasteiger partial charge on any atom is 0.204 e. The summed E-state index contributed by atoms with van der Waals surface area (Å²) in [5, 5.41) is 0. The van der Waals surface area contributed by atoms with E-state index in [2.05, 4.69) is 0 Å². The number of benzene rings is 1. The summed E-state index contributed by atoms with van der Waals surface area (Å²) in [5.41, 5.74) is 0. The predicted molar refractivity (Wildman–Crippen MR) is 65.0 cm³/mol. The Morgan fingerprint density at radius 3 is 2.44 bits per heavy atom. The van der Waals surface area contributed by atoms with E-state index in [1.54, 1.807) is 0 Å². The Morgan fingerprint density at radius 1 is 1.17 bits per heavy atom. The van der Waals surface area contributed by atoms with Gasteiger partial charge in [-0.15, -0.1) is 0 Å². The molecule has 0 radical (unpaired) electrons. The molecule has 0 unspecified atom stereocenters. The number of rotatable bonds is 6. The van der Waals surface area contributed by atoms with Crippen LogP contribution in [0.2, 0.25) is 0 Å². The topological polar surface area (TPSA) is 18.5 Å². The van der Waals surface area contributed by atoms with Crippen molar-refractivity contribution >= 4 is 0 Å². The first-order chi connectivity index (χ1) is 8.72. The number of unbranched alkanes of at least 4 members (excludes halogenated alkanes) is 1. The molecule has 100 valence electrons. The van der Waals surface area contributed by atoms with Gasteiger partial charge in [-0.2, -0.15) is 8.78 Å². The fourth-order valence-electron chi connectivity index (χ4n) is 1.71. The number of halogens is 2. The third-order valence-electron chi connectivity index (χ3n) is 3.11. The van der Waals surface area contributed by atoms with Crippen LogP contribution in [0.1, 0.15) is 39.0 Å². The van der Waals surface area contributed by atoms with Crippen molar-refractivity contribution in [2.45, 2.75) is 45.1 Å². The van der Waals surface area contributed by atoms with E-state index in [0.29, 0.717) is 6.61 Å². The van der Waals surface area contributed by atoms with Crippen molar-refractivity contribution in [1.29, 1.82) is 0 Å². The zero-order chi connectivity index (χ0) is 13.0. The van der Waals surface area contributed by atoms with Crippen LogP contribution in [0, 0.1) is 11.6 Å². The normalized spacial score (nSPS) is 15.3. The predicted octanol–water partition coefficient (Wildman–Crippen LogP) is 4.08. The monoisotopic (exact) mass is 256 g/mol. The van der Waals surface area contributed by atoms with Crippen LogP contribution in [0.4, 0.5) is 8.78 Å². The molecule has 1 aliphatic carbocycles. The molecule has 0 aromatic heterocycles. The quantitative estimate of drug-likeness (QED) is 0.714. The van der Waals surface area contributed by atoms with Crippen molar-refractivity contribution in [3.63, 3.8) is 0 Å². The minimum atomic E-state index is -0.956. The Balaban J connectivity index is 2.03. The van der Waals surface area contributed by atoms with Crippen LogP contribution in [0.5, 0.6) is 11.5 Å². The van der Waals surface area contributed by atoms with Gasteiger partial charge in [0, 0.05) is 0 Å². The van der Waals surface area contributed by atoms with Gasteiger partial charge in [0.15, 0.2) is 11.5 Å². The van der Waals surface area contributed by atoms with Crippen LogP contribution in [0.15, 0.2) is 12.1 Å². The molecule has 1 aromatic rings. The Labute approximate surface area is 106 Å². The number of hydrogen-bond acceptors (Lipinski definition) is 2. The van der Waals surface area contributed by atoms with E-state index >= 15 is 0 Å².